The van der Waals surface area contributed by atoms with Gasteiger partial charge in [0.25, 0.3) is 0 Å². The van der Waals surface area contributed by atoms with Crippen molar-refractivity contribution in [3.05, 3.63) is 65.4 Å². The Kier molecular flexibility index (Phi) is 4.37. The third-order valence-electron chi connectivity index (χ3n) is 5.38. The first-order valence-electron chi connectivity index (χ1n) is 9.11. The molecule has 26 heavy (non-hydrogen) atoms. The molecule has 1 atom stereocenters. The van der Waals surface area contributed by atoms with Gasteiger partial charge in [0.1, 0.15) is 0 Å². The van der Waals surface area contributed by atoms with Gasteiger partial charge in [-0.25, -0.2) is 8.42 Å². The summed E-state index contributed by atoms with van der Waals surface area (Å²) in [6.45, 7) is 4.41. The fourth-order valence-corrected chi connectivity index (χ4v) is 6.00. The topological polar surface area (TPSA) is 53.2 Å². The van der Waals surface area contributed by atoms with Crippen LogP contribution in [-0.4, -0.2) is 30.3 Å². The maximum atomic E-state index is 13.3. The Hall–Kier alpha value is -2.11. The van der Waals surface area contributed by atoms with Crippen LogP contribution < -0.4 is 0 Å². The molecule has 1 aromatic heterocycles. The first kappa shape index (κ1) is 17.3. The van der Waals surface area contributed by atoms with Crippen molar-refractivity contribution in [3.8, 4) is 0 Å². The van der Waals surface area contributed by atoms with Gasteiger partial charge in [0.05, 0.1) is 4.90 Å². The predicted molar refractivity (Wildman–Crippen MR) is 105 cm³/mol. The molecule has 0 bridgehead atoms. The minimum atomic E-state index is -3.47. The van der Waals surface area contributed by atoms with E-state index in [0.717, 1.165) is 35.9 Å². The van der Waals surface area contributed by atoms with Gasteiger partial charge in [-0.3, -0.25) is 0 Å². The van der Waals surface area contributed by atoms with Crippen molar-refractivity contribution in [1.82, 2.24) is 9.29 Å². The van der Waals surface area contributed by atoms with E-state index in [2.05, 4.69) is 17.1 Å². The number of fused-ring (bicyclic) bond motifs is 1. The highest BCUT2D eigenvalue weighted by Crippen LogP contribution is 2.31. The second-order valence-electron chi connectivity index (χ2n) is 7.24. The molecule has 4 nitrogen and oxygen atoms in total. The molecule has 3 aromatic rings. The molecule has 0 radical (unpaired) electrons. The molecule has 1 N–H and O–H groups in total. The molecule has 136 valence electrons. The Balaban J connectivity index is 1.67. The van der Waals surface area contributed by atoms with Crippen LogP contribution in [0.1, 0.15) is 29.5 Å². The number of aromatic nitrogens is 1. The zero-order valence-corrected chi connectivity index (χ0v) is 16.0. The standard InChI is InChI=1S/C21H24N2O2S/c1-15-9-10-16(2)21(12-15)26(24,25)23-11-5-6-18(23)13-17-14-22-20-8-4-3-7-19(17)20/h3-4,7-10,12,14,18,22H,5-6,11,13H2,1-2H3. The maximum absolute atomic E-state index is 13.3. The van der Waals surface area contributed by atoms with E-state index in [1.165, 1.54) is 10.9 Å². The molecule has 4 rings (SSSR count). The molecule has 1 unspecified atom stereocenters. The predicted octanol–water partition coefficient (Wildman–Crippen LogP) is 4.18. The Labute approximate surface area is 154 Å². The molecular weight excluding hydrogens is 344 g/mol. The number of rotatable bonds is 4. The van der Waals surface area contributed by atoms with Crippen molar-refractivity contribution < 1.29 is 8.42 Å². The van der Waals surface area contributed by atoms with Gasteiger partial charge in [-0.2, -0.15) is 4.31 Å². The number of hydrogen-bond acceptors (Lipinski definition) is 2. The Morgan fingerprint density at radius 3 is 2.81 bits per heavy atom. The molecule has 0 saturated carbocycles. The molecule has 5 heteroatoms. The van der Waals surface area contributed by atoms with Gasteiger partial charge in [0.15, 0.2) is 0 Å². The van der Waals surface area contributed by atoms with Gasteiger partial charge in [-0.1, -0.05) is 30.3 Å². The van der Waals surface area contributed by atoms with Crippen LogP contribution in [-0.2, 0) is 16.4 Å². The average molecular weight is 369 g/mol. The molecule has 1 saturated heterocycles. The van der Waals surface area contributed by atoms with E-state index in [1.807, 2.05) is 44.3 Å². The van der Waals surface area contributed by atoms with Crippen LogP contribution in [0.15, 0.2) is 53.6 Å². The summed E-state index contributed by atoms with van der Waals surface area (Å²) < 4.78 is 28.4. The van der Waals surface area contributed by atoms with E-state index in [1.54, 1.807) is 10.4 Å². The summed E-state index contributed by atoms with van der Waals surface area (Å²) in [5, 5.41) is 1.18. The maximum Gasteiger partial charge on any atom is 0.243 e. The summed E-state index contributed by atoms with van der Waals surface area (Å²) >= 11 is 0. The monoisotopic (exact) mass is 368 g/mol. The van der Waals surface area contributed by atoms with Gasteiger partial charge in [0, 0.05) is 29.7 Å². The third kappa shape index (κ3) is 2.95. The van der Waals surface area contributed by atoms with Crippen LogP contribution in [0.3, 0.4) is 0 Å². The van der Waals surface area contributed by atoms with Crippen molar-refractivity contribution in [3.63, 3.8) is 0 Å². The van der Waals surface area contributed by atoms with Crippen LogP contribution in [0.5, 0.6) is 0 Å². The minimum absolute atomic E-state index is 0.0131. The summed E-state index contributed by atoms with van der Waals surface area (Å²) in [6, 6.07) is 13.9. The lowest BCUT2D eigenvalue weighted by Crippen LogP contribution is -2.37. The molecular formula is C21H24N2O2S. The molecule has 1 fully saturated rings. The zero-order chi connectivity index (χ0) is 18.3. The largest absolute Gasteiger partial charge is 0.361 e. The van der Waals surface area contributed by atoms with Crippen molar-refractivity contribution in [2.75, 3.05) is 6.54 Å². The lowest BCUT2D eigenvalue weighted by molar-refractivity contribution is 0.386. The van der Waals surface area contributed by atoms with Crippen molar-refractivity contribution in [1.29, 1.82) is 0 Å². The van der Waals surface area contributed by atoms with Crippen molar-refractivity contribution >= 4 is 20.9 Å². The second-order valence-corrected chi connectivity index (χ2v) is 9.10. The lowest BCUT2D eigenvalue weighted by Gasteiger charge is -2.25. The molecule has 2 aromatic carbocycles. The normalized spacial score (nSPS) is 18.6. The number of nitrogens with zero attached hydrogens (tertiary/aromatic N) is 1. The summed E-state index contributed by atoms with van der Waals surface area (Å²) in [4.78, 5) is 3.74. The Morgan fingerprint density at radius 2 is 1.96 bits per heavy atom. The minimum Gasteiger partial charge on any atom is -0.361 e. The van der Waals surface area contributed by atoms with E-state index < -0.39 is 10.0 Å². The van der Waals surface area contributed by atoms with E-state index in [9.17, 15) is 8.42 Å². The lowest BCUT2D eigenvalue weighted by atomic mass is 10.0. The Morgan fingerprint density at radius 1 is 1.15 bits per heavy atom. The Bertz CT molecular complexity index is 1050. The highest BCUT2D eigenvalue weighted by Gasteiger charge is 2.36. The zero-order valence-electron chi connectivity index (χ0n) is 15.2. The van der Waals surface area contributed by atoms with E-state index >= 15 is 0 Å². The van der Waals surface area contributed by atoms with E-state index in [-0.39, 0.29) is 6.04 Å². The van der Waals surface area contributed by atoms with Gasteiger partial charge >= 0.3 is 0 Å². The number of aromatic amines is 1. The number of nitrogens with one attached hydrogen (secondary N) is 1. The fourth-order valence-electron chi connectivity index (χ4n) is 4.00. The number of sulfonamides is 1. The first-order valence-corrected chi connectivity index (χ1v) is 10.5. The van der Waals surface area contributed by atoms with Gasteiger partial charge in [-0.05, 0) is 61.9 Å². The number of H-pyrrole nitrogens is 1. The molecule has 1 aliphatic rings. The van der Waals surface area contributed by atoms with Crippen LogP contribution in [0.25, 0.3) is 10.9 Å². The van der Waals surface area contributed by atoms with E-state index in [4.69, 9.17) is 0 Å². The second kappa shape index (κ2) is 6.56. The number of hydrogen-bond donors (Lipinski definition) is 1. The molecule has 0 spiro atoms. The number of benzene rings is 2. The number of para-hydroxylation sites is 1. The van der Waals surface area contributed by atoms with Gasteiger partial charge in [0.2, 0.25) is 10.0 Å². The third-order valence-corrected chi connectivity index (χ3v) is 7.48. The van der Waals surface area contributed by atoms with Gasteiger partial charge in [-0.15, -0.1) is 0 Å². The number of aryl methyl sites for hydroxylation is 2. The molecule has 1 aliphatic heterocycles. The van der Waals surface area contributed by atoms with Crippen LogP contribution in [0.2, 0.25) is 0 Å². The summed E-state index contributed by atoms with van der Waals surface area (Å²) in [6.07, 6.45) is 4.58. The smallest absolute Gasteiger partial charge is 0.243 e. The highest BCUT2D eigenvalue weighted by molar-refractivity contribution is 7.89. The highest BCUT2D eigenvalue weighted by atomic mass is 32.2. The average Bonchev–Trinajstić information content (AvgIpc) is 3.25. The molecule has 0 aliphatic carbocycles. The van der Waals surface area contributed by atoms with Crippen LogP contribution in [0, 0.1) is 13.8 Å². The summed E-state index contributed by atoms with van der Waals surface area (Å²) in [5.74, 6) is 0. The molecule has 0 amide bonds. The quantitative estimate of drug-likeness (QED) is 0.751. The van der Waals surface area contributed by atoms with Crippen molar-refractivity contribution in [2.24, 2.45) is 0 Å². The fraction of sp³-hybridized carbons (Fsp3) is 0.333. The van der Waals surface area contributed by atoms with Crippen LogP contribution in [0.4, 0.5) is 0 Å². The first-order chi connectivity index (χ1) is 12.5. The van der Waals surface area contributed by atoms with E-state index in [0.29, 0.717) is 11.4 Å². The summed E-state index contributed by atoms with van der Waals surface area (Å²) in [7, 11) is -3.47. The molecule has 2 heterocycles. The summed E-state index contributed by atoms with van der Waals surface area (Å²) in [5.41, 5.74) is 4.08. The van der Waals surface area contributed by atoms with Crippen molar-refractivity contribution in [2.45, 2.75) is 44.0 Å². The van der Waals surface area contributed by atoms with Gasteiger partial charge < -0.3 is 4.98 Å². The SMILES string of the molecule is Cc1ccc(C)c(S(=O)(=O)N2CCCC2Cc2c[nH]c3ccccc23)c1. The van der Waals surface area contributed by atoms with Crippen LogP contribution >= 0.6 is 0 Å².